The third kappa shape index (κ3) is 6.19. The number of likely N-dealkylation sites (tertiary alicyclic amines) is 1. The Hall–Kier alpha value is -4.14. The third-order valence-electron chi connectivity index (χ3n) is 7.30. The summed E-state index contributed by atoms with van der Waals surface area (Å²) < 4.78 is 16.7. The summed E-state index contributed by atoms with van der Waals surface area (Å²) in [6.07, 6.45) is 0.691. The molecular formula is C32H34N2O6. The number of hydrogen-bond donors (Lipinski definition) is 1. The van der Waals surface area contributed by atoms with Crippen LogP contribution in [0.1, 0.15) is 29.2 Å². The zero-order chi connectivity index (χ0) is 27.9. The first-order valence-electron chi connectivity index (χ1n) is 13.5. The zero-order valence-corrected chi connectivity index (χ0v) is 22.6. The monoisotopic (exact) mass is 542 g/mol. The molecular weight excluding hydrogens is 508 g/mol. The van der Waals surface area contributed by atoms with Crippen molar-refractivity contribution in [2.45, 2.75) is 19.1 Å². The van der Waals surface area contributed by atoms with Crippen molar-refractivity contribution in [3.05, 3.63) is 101 Å². The van der Waals surface area contributed by atoms with E-state index in [4.69, 9.17) is 14.2 Å². The van der Waals surface area contributed by atoms with Crippen molar-refractivity contribution < 1.29 is 28.9 Å². The molecule has 5 rings (SSSR count). The van der Waals surface area contributed by atoms with Gasteiger partial charge in [0, 0.05) is 31.7 Å². The van der Waals surface area contributed by atoms with Gasteiger partial charge in [0.15, 0.2) is 0 Å². The predicted octanol–water partition coefficient (Wildman–Crippen LogP) is 4.42. The maximum Gasteiger partial charge on any atom is 0.295 e. The Bertz CT molecular complexity index is 1350. The van der Waals surface area contributed by atoms with E-state index >= 15 is 0 Å². The topological polar surface area (TPSA) is 88.5 Å². The highest BCUT2D eigenvalue weighted by Crippen LogP contribution is 2.40. The highest BCUT2D eigenvalue weighted by Gasteiger charge is 2.46. The minimum absolute atomic E-state index is 0.0711. The van der Waals surface area contributed by atoms with Crippen LogP contribution in [0.15, 0.2) is 84.4 Å². The summed E-state index contributed by atoms with van der Waals surface area (Å²) in [6.45, 7) is 4.64. The first kappa shape index (κ1) is 27.4. The van der Waals surface area contributed by atoms with Gasteiger partial charge in [0.05, 0.1) is 31.9 Å². The molecule has 1 amide bonds. The van der Waals surface area contributed by atoms with E-state index in [1.807, 2.05) is 54.6 Å². The van der Waals surface area contributed by atoms with E-state index in [1.165, 1.54) is 0 Å². The maximum absolute atomic E-state index is 13.4. The number of carbonyl (C=O) groups excluding carboxylic acids is 2. The Labute approximate surface area is 234 Å². The molecule has 40 heavy (non-hydrogen) atoms. The van der Waals surface area contributed by atoms with E-state index in [0.717, 1.165) is 25.2 Å². The highest BCUT2D eigenvalue weighted by molar-refractivity contribution is 6.46. The molecule has 1 N–H and O–H groups in total. The fourth-order valence-corrected chi connectivity index (χ4v) is 5.17. The van der Waals surface area contributed by atoms with Crippen molar-refractivity contribution in [3.8, 4) is 11.5 Å². The molecule has 2 heterocycles. The van der Waals surface area contributed by atoms with Crippen LogP contribution >= 0.6 is 0 Å². The number of carbonyl (C=O) groups is 2. The van der Waals surface area contributed by atoms with E-state index in [2.05, 4.69) is 4.90 Å². The smallest absolute Gasteiger partial charge is 0.295 e. The van der Waals surface area contributed by atoms with E-state index in [0.29, 0.717) is 55.4 Å². The van der Waals surface area contributed by atoms with Gasteiger partial charge in [0.2, 0.25) is 0 Å². The number of ketones is 1. The average Bonchev–Trinajstić information content (AvgIpc) is 3.26. The number of ether oxygens (including phenoxy) is 3. The number of Topliss-reactive ketones (excluding diaryl/α,β-unsaturated/α-hetero) is 1. The third-order valence-corrected chi connectivity index (χ3v) is 7.30. The van der Waals surface area contributed by atoms with Gasteiger partial charge in [-0.1, -0.05) is 42.5 Å². The van der Waals surface area contributed by atoms with Crippen molar-refractivity contribution in [2.75, 3.05) is 46.5 Å². The summed E-state index contributed by atoms with van der Waals surface area (Å²) in [6, 6.07) is 23.3. The Morgan fingerprint density at radius 3 is 2.40 bits per heavy atom. The largest absolute Gasteiger partial charge is 0.507 e. The van der Waals surface area contributed by atoms with Gasteiger partial charge in [0.25, 0.3) is 11.7 Å². The van der Waals surface area contributed by atoms with Crippen LogP contribution in [0, 0.1) is 0 Å². The van der Waals surface area contributed by atoms with E-state index in [9.17, 15) is 14.7 Å². The Balaban J connectivity index is 1.45. The minimum Gasteiger partial charge on any atom is -0.507 e. The van der Waals surface area contributed by atoms with Crippen LogP contribution in [0.4, 0.5) is 0 Å². The molecule has 3 aromatic rings. The lowest BCUT2D eigenvalue weighted by Gasteiger charge is -2.29. The molecule has 8 heteroatoms. The summed E-state index contributed by atoms with van der Waals surface area (Å²) in [7, 11) is 1.56. The van der Waals surface area contributed by atoms with Crippen molar-refractivity contribution in [2.24, 2.45) is 0 Å². The molecule has 8 nitrogen and oxygen atoms in total. The number of aliphatic hydroxyl groups excluding tert-OH is 1. The number of methoxy groups -OCH3 is 1. The van der Waals surface area contributed by atoms with Crippen LogP contribution in [0.25, 0.3) is 5.76 Å². The molecule has 0 aromatic heterocycles. The molecule has 1 atom stereocenters. The molecule has 0 bridgehead atoms. The van der Waals surface area contributed by atoms with Crippen LogP contribution in [-0.2, 0) is 20.9 Å². The molecule has 208 valence electrons. The number of aliphatic hydroxyl groups is 1. The number of rotatable bonds is 10. The van der Waals surface area contributed by atoms with Crippen molar-refractivity contribution in [1.82, 2.24) is 9.80 Å². The van der Waals surface area contributed by atoms with Gasteiger partial charge in [-0.15, -0.1) is 0 Å². The molecule has 2 saturated heterocycles. The first-order chi connectivity index (χ1) is 19.5. The zero-order valence-electron chi connectivity index (χ0n) is 22.6. The number of hydrogen-bond acceptors (Lipinski definition) is 7. The fourth-order valence-electron chi connectivity index (χ4n) is 5.17. The lowest BCUT2D eigenvalue weighted by molar-refractivity contribution is -0.140. The van der Waals surface area contributed by atoms with Crippen LogP contribution in [0.5, 0.6) is 11.5 Å². The molecule has 0 spiro atoms. The van der Waals surface area contributed by atoms with E-state index in [-0.39, 0.29) is 11.3 Å². The molecule has 3 aromatic carbocycles. The lowest BCUT2D eigenvalue weighted by Crippen LogP contribution is -2.38. The van der Waals surface area contributed by atoms with Crippen molar-refractivity contribution in [3.63, 3.8) is 0 Å². The molecule has 0 aliphatic carbocycles. The molecule has 2 aliphatic rings. The number of morpholine rings is 1. The Kier molecular flexibility index (Phi) is 8.78. The maximum atomic E-state index is 13.4. The van der Waals surface area contributed by atoms with Crippen LogP contribution in [0.3, 0.4) is 0 Å². The molecule has 0 saturated carbocycles. The normalized spacial score (nSPS) is 19.1. The summed E-state index contributed by atoms with van der Waals surface area (Å²) in [4.78, 5) is 30.6. The summed E-state index contributed by atoms with van der Waals surface area (Å²) in [5, 5.41) is 11.4. The van der Waals surface area contributed by atoms with Gasteiger partial charge in [-0.3, -0.25) is 14.5 Å². The summed E-state index contributed by atoms with van der Waals surface area (Å²) in [5.74, 6) is -0.278. The lowest BCUT2D eigenvalue weighted by atomic mass is 9.95. The molecule has 0 radical (unpaired) electrons. The second-order valence-corrected chi connectivity index (χ2v) is 9.88. The van der Waals surface area contributed by atoms with Gasteiger partial charge in [-0.05, 0) is 53.9 Å². The van der Waals surface area contributed by atoms with Crippen LogP contribution in [0.2, 0.25) is 0 Å². The van der Waals surface area contributed by atoms with Gasteiger partial charge in [-0.2, -0.15) is 0 Å². The van der Waals surface area contributed by atoms with Gasteiger partial charge < -0.3 is 24.2 Å². The molecule has 2 fully saturated rings. The van der Waals surface area contributed by atoms with Crippen molar-refractivity contribution in [1.29, 1.82) is 0 Å². The van der Waals surface area contributed by atoms with Crippen LogP contribution in [-0.4, -0.2) is 73.1 Å². The quantitative estimate of drug-likeness (QED) is 0.231. The predicted molar refractivity (Wildman–Crippen MR) is 151 cm³/mol. The summed E-state index contributed by atoms with van der Waals surface area (Å²) >= 11 is 0. The van der Waals surface area contributed by atoms with E-state index in [1.54, 1.807) is 36.3 Å². The minimum atomic E-state index is -0.743. The van der Waals surface area contributed by atoms with Crippen LogP contribution < -0.4 is 9.47 Å². The number of benzene rings is 3. The standard InChI is InChI=1S/C32H34N2O6/c1-38-26-13-11-24(12-14-26)30(35)28-29(25-9-5-10-27(21-25)40-22-23-7-3-2-4-8-23)34(32(37)31(28)36)16-6-15-33-17-19-39-20-18-33/h2-5,7-14,21,29,35H,6,15-20,22H2,1H3/b30-28+. The first-order valence-corrected chi connectivity index (χ1v) is 13.5. The second-order valence-electron chi connectivity index (χ2n) is 9.88. The average molecular weight is 543 g/mol. The SMILES string of the molecule is COc1ccc(/C(O)=C2\C(=O)C(=O)N(CCCN3CCOCC3)C2c2cccc(OCc3ccccc3)c2)cc1. The van der Waals surface area contributed by atoms with Gasteiger partial charge in [0.1, 0.15) is 23.9 Å². The molecule has 1 unspecified atom stereocenters. The van der Waals surface area contributed by atoms with Gasteiger partial charge in [-0.25, -0.2) is 0 Å². The van der Waals surface area contributed by atoms with E-state index < -0.39 is 17.7 Å². The number of nitrogens with zero attached hydrogens (tertiary/aromatic N) is 2. The Morgan fingerprint density at radius 1 is 0.925 bits per heavy atom. The van der Waals surface area contributed by atoms with Crippen molar-refractivity contribution >= 4 is 17.4 Å². The Morgan fingerprint density at radius 2 is 1.68 bits per heavy atom. The highest BCUT2D eigenvalue weighted by atomic mass is 16.5. The van der Waals surface area contributed by atoms with Gasteiger partial charge >= 0.3 is 0 Å². The fraction of sp³-hybridized carbons (Fsp3) is 0.312. The number of amides is 1. The molecule has 2 aliphatic heterocycles. The summed E-state index contributed by atoms with van der Waals surface area (Å²) in [5.41, 5.74) is 2.24. The second kappa shape index (κ2) is 12.8.